The molecule has 1 N–H and O–H groups in total. The standard InChI is InChI=1S/C12H10F2N2O2/c1-2-16-11(14)10(6-15-16)9-5-7(13)3-4-8(9)12(17)18/h3-6H,2H2,1H3,(H,17,18). The van der Waals surface area contributed by atoms with Crippen molar-refractivity contribution in [2.45, 2.75) is 13.5 Å². The van der Waals surface area contributed by atoms with Crippen LogP contribution >= 0.6 is 0 Å². The largest absolute Gasteiger partial charge is 0.478 e. The number of carboxylic acid groups (broad SMARTS) is 1. The first-order valence-electron chi connectivity index (χ1n) is 5.29. The highest BCUT2D eigenvalue weighted by Gasteiger charge is 2.18. The van der Waals surface area contributed by atoms with Gasteiger partial charge in [0.15, 0.2) is 0 Å². The van der Waals surface area contributed by atoms with Crippen LogP contribution in [-0.4, -0.2) is 20.9 Å². The van der Waals surface area contributed by atoms with E-state index in [1.807, 2.05) is 0 Å². The molecule has 0 bridgehead atoms. The van der Waals surface area contributed by atoms with Crippen molar-refractivity contribution < 1.29 is 18.7 Å². The number of halogens is 2. The van der Waals surface area contributed by atoms with Crippen molar-refractivity contribution in [3.8, 4) is 11.1 Å². The molecule has 0 amide bonds. The van der Waals surface area contributed by atoms with E-state index in [0.717, 1.165) is 22.9 Å². The quantitative estimate of drug-likeness (QED) is 0.913. The van der Waals surface area contributed by atoms with E-state index < -0.39 is 17.7 Å². The van der Waals surface area contributed by atoms with Gasteiger partial charge in [-0.1, -0.05) is 0 Å². The minimum atomic E-state index is -1.24. The van der Waals surface area contributed by atoms with E-state index in [2.05, 4.69) is 5.10 Å². The van der Waals surface area contributed by atoms with Gasteiger partial charge in [-0.2, -0.15) is 9.49 Å². The van der Waals surface area contributed by atoms with Gasteiger partial charge < -0.3 is 5.11 Å². The van der Waals surface area contributed by atoms with Crippen molar-refractivity contribution in [1.29, 1.82) is 0 Å². The Morgan fingerprint density at radius 3 is 2.67 bits per heavy atom. The molecule has 94 valence electrons. The number of aryl methyl sites for hydroxylation is 1. The molecule has 0 fully saturated rings. The first-order chi connectivity index (χ1) is 8.54. The fraction of sp³-hybridized carbons (Fsp3) is 0.167. The van der Waals surface area contributed by atoms with Gasteiger partial charge in [0.05, 0.1) is 17.3 Å². The van der Waals surface area contributed by atoms with Crippen molar-refractivity contribution in [2.24, 2.45) is 0 Å². The van der Waals surface area contributed by atoms with Crippen LogP contribution in [0.15, 0.2) is 24.4 Å². The van der Waals surface area contributed by atoms with Crippen molar-refractivity contribution >= 4 is 5.97 Å². The summed E-state index contributed by atoms with van der Waals surface area (Å²) in [5.74, 6) is -2.54. The van der Waals surface area contributed by atoms with Crippen LogP contribution in [-0.2, 0) is 6.54 Å². The second-order valence-electron chi connectivity index (χ2n) is 3.66. The molecule has 18 heavy (non-hydrogen) atoms. The van der Waals surface area contributed by atoms with Crippen LogP contribution in [0.3, 0.4) is 0 Å². The number of aromatic carboxylic acids is 1. The van der Waals surface area contributed by atoms with Crippen LogP contribution in [0.4, 0.5) is 8.78 Å². The van der Waals surface area contributed by atoms with E-state index in [1.54, 1.807) is 6.92 Å². The van der Waals surface area contributed by atoms with Crippen LogP contribution in [0.25, 0.3) is 11.1 Å². The fourth-order valence-corrected chi connectivity index (χ4v) is 1.70. The molecular formula is C12H10F2N2O2. The summed E-state index contributed by atoms with van der Waals surface area (Å²) in [6, 6.07) is 3.12. The summed E-state index contributed by atoms with van der Waals surface area (Å²) < 4.78 is 28.1. The van der Waals surface area contributed by atoms with E-state index in [-0.39, 0.29) is 16.7 Å². The smallest absolute Gasteiger partial charge is 0.336 e. The SMILES string of the molecule is CCn1ncc(-c2cc(F)ccc2C(=O)O)c1F. The van der Waals surface area contributed by atoms with E-state index in [1.165, 1.54) is 6.20 Å². The molecule has 1 heterocycles. The minimum Gasteiger partial charge on any atom is -0.478 e. The van der Waals surface area contributed by atoms with E-state index in [0.29, 0.717) is 6.54 Å². The molecule has 2 aromatic rings. The molecule has 0 atom stereocenters. The molecule has 4 nitrogen and oxygen atoms in total. The first-order valence-corrected chi connectivity index (χ1v) is 5.29. The zero-order valence-electron chi connectivity index (χ0n) is 9.52. The van der Waals surface area contributed by atoms with Crippen LogP contribution in [0, 0.1) is 11.8 Å². The van der Waals surface area contributed by atoms with Gasteiger partial charge in [0.1, 0.15) is 5.82 Å². The van der Waals surface area contributed by atoms with E-state index >= 15 is 0 Å². The van der Waals surface area contributed by atoms with E-state index in [9.17, 15) is 13.6 Å². The topological polar surface area (TPSA) is 55.1 Å². The van der Waals surface area contributed by atoms with Crippen molar-refractivity contribution in [3.05, 3.63) is 41.7 Å². The highest BCUT2D eigenvalue weighted by atomic mass is 19.1. The Kier molecular flexibility index (Phi) is 3.10. The number of rotatable bonds is 3. The second-order valence-corrected chi connectivity index (χ2v) is 3.66. The molecule has 0 saturated heterocycles. The van der Waals surface area contributed by atoms with Gasteiger partial charge in [-0.3, -0.25) is 0 Å². The highest BCUT2D eigenvalue weighted by molar-refractivity contribution is 5.95. The Labute approximate surface area is 101 Å². The van der Waals surface area contributed by atoms with Gasteiger partial charge >= 0.3 is 5.97 Å². The van der Waals surface area contributed by atoms with Crippen LogP contribution in [0.2, 0.25) is 0 Å². The number of hydrogen-bond donors (Lipinski definition) is 1. The Bertz CT molecular complexity index is 608. The molecule has 0 saturated carbocycles. The molecule has 0 aliphatic carbocycles. The molecule has 0 spiro atoms. The maximum Gasteiger partial charge on any atom is 0.336 e. The third-order valence-electron chi connectivity index (χ3n) is 2.58. The summed E-state index contributed by atoms with van der Waals surface area (Å²) in [6.45, 7) is 2.01. The fourth-order valence-electron chi connectivity index (χ4n) is 1.70. The number of hydrogen-bond acceptors (Lipinski definition) is 2. The Morgan fingerprint density at radius 1 is 1.39 bits per heavy atom. The second kappa shape index (κ2) is 4.56. The zero-order valence-corrected chi connectivity index (χ0v) is 9.52. The predicted octanol–water partition coefficient (Wildman–Crippen LogP) is 2.55. The molecule has 1 aromatic carbocycles. The Balaban J connectivity index is 2.65. The maximum atomic E-state index is 13.9. The molecule has 0 radical (unpaired) electrons. The lowest BCUT2D eigenvalue weighted by Crippen LogP contribution is -2.02. The lowest BCUT2D eigenvalue weighted by atomic mass is 10.0. The van der Waals surface area contributed by atoms with Gasteiger partial charge in [0.25, 0.3) is 0 Å². The molecule has 6 heteroatoms. The van der Waals surface area contributed by atoms with Gasteiger partial charge in [-0.15, -0.1) is 0 Å². The monoisotopic (exact) mass is 252 g/mol. The average Bonchev–Trinajstić information content (AvgIpc) is 2.69. The highest BCUT2D eigenvalue weighted by Crippen LogP contribution is 2.27. The zero-order chi connectivity index (χ0) is 13.3. The van der Waals surface area contributed by atoms with Gasteiger partial charge in [0.2, 0.25) is 5.95 Å². The van der Waals surface area contributed by atoms with Crippen LogP contribution in [0.5, 0.6) is 0 Å². The Hall–Kier alpha value is -2.24. The lowest BCUT2D eigenvalue weighted by Gasteiger charge is -2.04. The van der Waals surface area contributed by atoms with Crippen LogP contribution < -0.4 is 0 Å². The molecular weight excluding hydrogens is 242 g/mol. The van der Waals surface area contributed by atoms with Gasteiger partial charge in [-0.05, 0) is 25.1 Å². The van der Waals surface area contributed by atoms with Gasteiger partial charge in [-0.25, -0.2) is 13.9 Å². The normalized spacial score (nSPS) is 10.6. The summed E-state index contributed by atoms with van der Waals surface area (Å²) in [6.07, 6.45) is 1.19. The number of carbonyl (C=O) groups is 1. The number of nitrogens with zero attached hydrogens (tertiary/aromatic N) is 2. The summed E-state index contributed by atoms with van der Waals surface area (Å²) >= 11 is 0. The first kappa shape index (κ1) is 12.2. The Morgan fingerprint density at radius 2 is 2.11 bits per heavy atom. The van der Waals surface area contributed by atoms with Crippen LogP contribution in [0.1, 0.15) is 17.3 Å². The molecule has 1 aromatic heterocycles. The van der Waals surface area contributed by atoms with Crippen molar-refractivity contribution in [1.82, 2.24) is 9.78 Å². The molecule has 0 aliphatic heterocycles. The third-order valence-corrected chi connectivity index (χ3v) is 2.58. The summed E-state index contributed by atoms with van der Waals surface area (Å²) in [4.78, 5) is 11.0. The predicted molar refractivity (Wildman–Crippen MR) is 60.2 cm³/mol. The van der Waals surface area contributed by atoms with E-state index in [4.69, 9.17) is 5.11 Å². The number of benzene rings is 1. The maximum absolute atomic E-state index is 13.9. The number of carboxylic acids is 1. The third kappa shape index (κ3) is 1.97. The van der Waals surface area contributed by atoms with Crippen molar-refractivity contribution in [2.75, 3.05) is 0 Å². The summed E-state index contributed by atoms with van der Waals surface area (Å²) in [5.41, 5.74) is -0.195. The molecule has 2 rings (SSSR count). The minimum absolute atomic E-state index is 0.0142. The number of aromatic nitrogens is 2. The van der Waals surface area contributed by atoms with Crippen molar-refractivity contribution in [3.63, 3.8) is 0 Å². The lowest BCUT2D eigenvalue weighted by molar-refractivity contribution is 0.0697. The summed E-state index contributed by atoms with van der Waals surface area (Å²) in [5, 5.41) is 12.8. The molecule has 0 unspecified atom stereocenters. The molecule has 0 aliphatic rings. The summed E-state index contributed by atoms with van der Waals surface area (Å²) in [7, 11) is 0. The average molecular weight is 252 g/mol. The van der Waals surface area contributed by atoms with Gasteiger partial charge in [0, 0.05) is 12.1 Å².